The Kier molecular flexibility index (Phi) is 5.50. The Labute approximate surface area is 140 Å². The molecule has 1 aromatic rings. The molecule has 2 aliphatic rings. The summed E-state index contributed by atoms with van der Waals surface area (Å²) < 4.78 is 6.74. The van der Waals surface area contributed by atoms with Crippen LogP contribution in [-0.4, -0.2) is 61.1 Å². The van der Waals surface area contributed by atoms with E-state index in [1.54, 1.807) is 0 Å². The van der Waals surface area contributed by atoms with Gasteiger partial charge in [-0.1, -0.05) is 28.1 Å². The summed E-state index contributed by atoms with van der Waals surface area (Å²) >= 11 is 3.42. The van der Waals surface area contributed by atoms with Gasteiger partial charge >= 0.3 is 0 Å². The van der Waals surface area contributed by atoms with Gasteiger partial charge in [-0.05, 0) is 30.5 Å². The number of ether oxygens (including phenoxy) is 1. The molecule has 0 spiro atoms. The van der Waals surface area contributed by atoms with Crippen LogP contribution in [0.2, 0.25) is 0 Å². The minimum absolute atomic E-state index is 0.235. The van der Waals surface area contributed by atoms with E-state index in [4.69, 9.17) is 4.74 Å². The highest BCUT2D eigenvalue weighted by Gasteiger charge is 2.24. The van der Waals surface area contributed by atoms with Gasteiger partial charge in [0.1, 0.15) is 0 Å². The van der Waals surface area contributed by atoms with Crippen LogP contribution in [0.5, 0.6) is 0 Å². The Morgan fingerprint density at radius 2 is 1.91 bits per heavy atom. The maximum atomic E-state index is 12.4. The monoisotopic (exact) mass is 366 g/mol. The molecule has 3 rings (SSSR count). The van der Waals surface area contributed by atoms with Gasteiger partial charge in [0.25, 0.3) is 0 Å². The number of carbonyl (C=O) groups excluding carboxylic acids is 1. The van der Waals surface area contributed by atoms with Crippen molar-refractivity contribution in [3.05, 3.63) is 34.3 Å². The van der Waals surface area contributed by atoms with Crippen LogP contribution < -0.4 is 0 Å². The highest BCUT2D eigenvalue weighted by molar-refractivity contribution is 9.10. The highest BCUT2D eigenvalue weighted by Crippen LogP contribution is 2.15. The quantitative estimate of drug-likeness (QED) is 0.819. The zero-order valence-corrected chi connectivity index (χ0v) is 14.4. The lowest BCUT2D eigenvalue weighted by atomic mass is 10.1. The third kappa shape index (κ3) is 4.31. The molecule has 1 unspecified atom stereocenters. The summed E-state index contributed by atoms with van der Waals surface area (Å²) in [4.78, 5) is 16.8. The largest absolute Gasteiger partial charge is 0.377 e. The van der Waals surface area contributed by atoms with Gasteiger partial charge in [0, 0.05) is 43.8 Å². The molecule has 22 heavy (non-hydrogen) atoms. The van der Waals surface area contributed by atoms with Crippen LogP contribution in [0, 0.1) is 0 Å². The molecule has 2 aliphatic heterocycles. The first-order chi connectivity index (χ1) is 10.7. The predicted molar refractivity (Wildman–Crippen MR) is 89.8 cm³/mol. The summed E-state index contributed by atoms with van der Waals surface area (Å²) in [7, 11) is 0. The summed E-state index contributed by atoms with van der Waals surface area (Å²) in [5.74, 6) is 0.235. The number of halogens is 1. The van der Waals surface area contributed by atoms with Crippen LogP contribution >= 0.6 is 15.9 Å². The van der Waals surface area contributed by atoms with Gasteiger partial charge in [-0.2, -0.15) is 0 Å². The fourth-order valence-corrected chi connectivity index (χ4v) is 3.41. The Balaban J connectivity index is 1.44. The molecule has 0 N–H and O–H groups in total. The van der Waals surface area contributed by atoms with Crippen molar-refractivity contribution in [1.82, 2.24) is 9.80 Å². The summed E-state index contributed by atoms with van der Waals surface area (Å²) in [6.07, 6.45) is 3.28. The second-order valence-corrected chi connectivity index (χ2v) is 7.04. The number of nitrogens with zero attached hydrogens (tertiary/aromatic N) is 2. The lowest BCUT2D eigenvalue weighted by molar-refractivity contribution is -0.132. The van der Waals surface area contributed by atoms with Gasteiger partial charge in [0.15, 0.2) is 0 Å². The lowest BCUT2D eigenvalue weighted by Crippen LogP contribution is -2.50. The Morgan fingerprint density at radius 1 is 1.18 bits per heavy atom. The molecule has 2 heterocycles. The molecule has 0 bridgehead atoms. The van der Waals surface area contributed by atoms with Gasteiger partial charge < -0.3 is 9.64 Å². The molecular weight excluding hydrogens is 344 g/mol. The van der Waals surface area contributed by atoms with Crippen molar-refractivity contribution in [3.63, 3.8) is 0 Å². The first-order valence-electron chi connectivity index (χ1n) is 8.07. The lowest BCUT2D eigenvalue weighted by Gasteiger charge is -2.35. The van der Waals surface area contributed by atoms with Crippen molar-refractivity contribution >= 4 is 21.8 Å². The van der Waals surface area contributed by atoms with Crippen LogP contribution in [0.15, 0.2) is 28.7 Å². The van der Waals surface area contributed by atoms with Crippen LogP contribution in [0.4, 0.5) is 0 Å². The van der Waals surface area contributed by atoms with Gasteiger partial charge in [0.05, 0.1) is 12.5 Å². The van der Waals surface area contributed by atoms with Gasteiger partial charge in [-0.3, -0.25) is 9.69 Å². The molecule has 1 amide bonds. The van der Waals surface area contributed by atoms with E-state index >= 15 is 0 Å². The van der Waals surface area contributed by atoms with Crippen LogP contribution in [0.3, 0.4) is 0 Å². The van der Waals surface area contributed by atoms with Crippen LogP contribution in [-0.2, 0) is 16.0 Å². The molecule has 1 aromatic carbocycles. The van der Waals surface area contributed by atoms with Crippen molar-refractivity contribution in [2.45, 2.75) is 25.4 Å². The molecule has 120 valence electrons. The average molecular weight is 367 g/mol. The van der Waals surface area contributed by atoms with E-state index in [2.05, 4.69) is 20.8 Å². The van der Waals surface area contributed by atoms with Crippen LogP contribution in [0.1, 0.15) is 18.4 Å². The second kappa shape index (κ2) is 7.57. The number of rotatable bonds is 4. The summed E-state index contributed by atoms with van der Waals surface area (Å²) in [6, 6.07) is 8.00. The molecule has 0 radical (unpaired) electrons. The van der Waals surface area contributed by atoms with Crippen molar-refractivity contribution < 1.29 is 9.53 Å². The Morgan fingerprint density at radius 3 is 2.55 bits per heavy atom. The minimum atomic E-state index is 0.235. The maximum absolute atomic E-state index is 12.4. The van der Waals surface area contributed by atoms with Crippen molar-refractivity contribution in [2.75, 3.05) is 39.3 Å². The number of amides is 1. The SMILES string of the molecule is O=C(Cc1ccc(Br)cc1)N1CCN(CC2CCCO2)CC1. The Bertz CT molecular complexity index is 492. The first kappa shape index (κ1) is 16.0. The molecule has 0 aromatic heterocycles. The van der Waals surface area contributed by atoms with Gasteiger partial charge in [0.2, 0.25) is 5.91 Å². The van der Waals surface area contributed by atoms with Crippen molar-refractivity contribution in [2.24, 2.45) is 0 Å². The molecular formula is C17H23BrN2O2. The topological polar surface area (TPSA) is 32.8 Å². The molecule has 2 fully saturated rings. The number of hydrogen-bond donors (Lipinski definition) is 0. The first-order valence-corrected chi connectivity index (χ1v) is 8.86. The van der Waals surface area contributed by atoms with Crippen molar-refractivity contribution in [1.29, 1.82) is 0 Å². The zero-order chi connectivity index (χ0) is 15.4. The molecule has 1 atom stereocenters. The standard InChI is InChI=1S/C17H23BrN2O2/c18-15-5-3-14(4-6-15)12-17(21)20-9-7-19(8-10-20)13-16-2-1-11-22-16/h3-6,16H,1-2,7-13H2. The molecule has 0 saturated carbocycles. The van der Waals surface area contributed by atoms with Gasteiger partial charge in [-0.15, -0.1) is 0 Å². The van der Waals surface area contributed by atoms with E-state index in [-0.39, 0.29) is 5.91 Å². The molecule has 0 aliphatic carbocycles. The summed E-state index contributed by atoms with van der Waals surface area (Å²) in [5.41, 5.74) is 1.08. The maximum Gasteiger partial charge on any atom is 0.227 e. The third-order valence-corrected chi connectivity index (χ3v) is 5.01. The number of benzene rings is 1. The second-order valence-electron chi connectivity index (χ2n) is 6.12. The predicted octanol–water partition coefficient (Wildman–Crippen LogP) is 2.31. The minimum Gasteiger partial charge on any atom is -0.377 e. The number of piperazine rings is 1. The molecule has 5 heteroatoms. The van der Waals surface area contributed by atoms with E-state index in [0.717, 1.165) is 49.4 Å². The zero-order valence-electron chi connectivity index (χ0n) is 12.8. The highest BCUT2D eigenvalue weighted by atomic mass is 79.9. The fourth-order valence-electron chi connectivity index (χ4n) is 3.14. The van der Waals surface area contributed by atoms with Gasteiger partial charge in [-0.25, -0.2) is 0 Å². The number of hydrogen-bond acceptors (Lipinski definition) is 3. The Hall–Kier alpha value is -0.910. The van der Waals surface area contributed by atoms with Crippen LogP contribution in [0.25, 0.3) is 0 Å². The summed E-state index contributed by atoms with van der Waals surface area (Å²) in [6.45, 7) is 5.53. The third-order valence-electron chi connectivity index (χ3n) is 4.48. The average Bonchev–Trinajstić information content (AvgIpc) is 3.03. The smallest absolute Gasteiger partial charge is 0.227 e. The van der Waals surface area contributed by atoms with E-state index in [0.29, 0.717) is 12.5 Å². The van der Waals surface area contributed by atoms with E-state index in [1.165, 1.54) is 12.8 Å². The molecule has 4 nitrogen and oxygen atoms in total. The van der Waals surface area contributed by atoms with E-state index < -0.39 is 0 Å². The van der Waals surface area contributed by atoms with E-state index in [9.17, 15) is 4.79 Å². The molecule has 2 saturated heterocycles. The number of carbonyl (C=O) groups is 1. The van der Waals surface area contributed by atoms with Crippen molar-refractivity contribution in [3.8, 4) is 0 Å². The normalized spacial score (nSPS) is 23.0. The van der Waals surface area contributed by atoms with E-state index in [1.807, 2.05) is 29.2 Å². The fraction of sp³-hybridized carbons (Fsp3) is 0.588. The summed E-state index contributed by atoms with van der Waals surface area (Å²) in [5, 5.41) is 0.